The third kappa shape index (κ3) is 3.25. The van der Waals surface area contributed by atoms with Gasteiger partial charge in [-0.25, -0.2) is 0 Å². The van der Waals surface area contributed by atoms with Gasteiger partial charge in [0, 0.05) is 0 Å². The summed E-state index contributed by atoms with van der Waals surface area (Å²) in [4.78, 5) is 0. The van der Waals surface area contributed by atoms with Crippen LogP contribution in [0.1, 0.15) is 5.56 Å². The highest BCUT2D eigenvalue weighted by atomic mass is 32.2. The minimum Gasteiger partial charge on any atom is -0.612 e. The fraction of sp³-hybridized carbons (Fsp3) is 0.111. The molecule has 1 atom stereocenters. The Balaban J connectivity index is 2.65. The fourth-order valence-electron chi connectivity index (χ4n) is 0.739. The molecule has 0 bridgehead atoms. The van der Waals surface area contributed by atoms with Crippen molar-refractivity contribution in [3.8, 4) is 0 Å². The number of rotatable bonds is 2. The predicted octanol–water partition coefficient (Wildman–Crippen LogP) is 2.04. The summed E-state index contributed by atoms with van der Waals surface area (Å²) in [6.07, 6.45) is 3.51. The highest BCUT2D eigenvalue weighted by Crippen LogP contribution is 2.01. The summed E-state index contributed by atoms with van der Waals surface area (Å²) in [6.45, 7) is 0. The molecule has 0 aliphatic carbocycles. The molecule has 11 heavy (non-hydrogen) atoms. The summed E-state index contributed by atoms with van der Waals surface area (Å²) in [5.74, 6) is 0. The van der Waals surface area contributed by atoms with Crippen molar-refractivity contribution in [1.29, 1.82) is 0 Å². The first-order valence-electron chi connectivity index (χ1n) is 3.34. The van der Waals surface area contributed by atoms with Crippen LogP contribution in [0.4, 0.5) is 0 Å². The molecule has 2 heteroatoms. The van der Waals surface area contributed by atoms with Gasteiger partial charge in [0.05, 0.1) is 6.26 Å². The van der Waals surface area contributed by atoms with Crippen LogP contribution < -0.4 is 0 Å². The van der Waals surface area contributed by atoms with Crippen LogP contribution in [0.2, 0.25) is 0 Å². The van der Waals surface area contributed by atoms with Gasteiger partial charge in [-0.3, -0.25) is 0 Å². The second-order valence-electron chi connectivity index (χ2n) is 2.21. The molecule has 0 heterocycles. The zero-order chi connectivity index (χ0) is 8.10. The van der Waals surface area contributed by atoms with Crippen LogP contribution in [-0.4, -0.2) is 10.8 Å². The summed E-state index contributed by atoms with van der Waals surface area (Å²) in [6, 6.07) is 9.82. The molecule has 1 nitrogen and oxygen atoms in total. The van der Waals surface area contributed by atoms with Crippen molar-refractivity contribution in [2.24, 2.45) is 0 Å². The fourth-order valence-corrected chi connectivity index (χ4v) is 1.09. The van der Waals surface area contributed by atoms with Crippen molar-refractivity contribution in [3.63, 3.8) is 0 Å². The Morgan fingerprint density at radius 3 is 2.45 bits per heavy atom. The van der Waals surface area contributed by atoms with Gasteiger partial charge in [0.25, 0.3) is 0 Å². The maximum absolute atomic E-state index is 10.6. The van der Waals surface area contributed by atoms with Crippen LogP contribution in [0.25, 0.3) is 6.08 Å². The van der Waals surface area contributed by atoms with E-state index in [2.05, 4.69) is 0 Å². The van der Waals surface area contributed by atoms with Gasteiger partial charge in [0.1, 0.15) is 5.41 Å². The molecule has 1 aromatic rings. The van der Waals surface area contributed by atoms with E-state index in [4.69, 9.17) is 0 Å². The van der Waals surface area contributed by atoms with Gasteiger partial charge >= 0.3 is 0 Å². The molecule has 0 saturated heterocycles. The second-order valence-corrected chi connectivity index (χ2v) is 3.48. The van der Waals surface area contributed by atoms with Gasteiger partial charge in [-0.15, -0.1) is 0 Å². The predicted molar refractivity (Wildman–Crippen MR) is 49.5 cm³/mol. The van der Waals surface area contributed by atoms with E-state index in [-0.39, 0.29) is 0 Å². The van der Waals surface area contributed by atoms with Gasteiger partial charge < -0.3 is 4.55 Å². The maximum atomic E-state index is 10.6. The number of hydrogen-bond donors (Lipinski definition) is 0. The smallest absolute Gasteiger partial charge is 0.117 e. The first kappa shape index (κ1) is 8.37. The van der Waals surface area contributed by atoms with E-state index in [1.165, 1.54) is 0 Å². The van der Waals surface area contributed by atoms with Crippen LogP contribution in [0.15, 0.2) is 35.7 Å². The molecular weight excluding hydrogens is 156 g/mol. The van der Waals surface area contributed by atoms with Crippen LogP contribution in [0, 0.1) is 0 Å². The second kappa shape index (κ2) is 4.21. The lowest BCUT2D eigenvalue weighted by molar-refractivity contribution is 0.609. The summed E-state index contributed by atoms with van der Waals surface area (Å²) in [5, 5.41) is 1.68. The number of benzene rings is 1. The molecule has 0 amide bonds. The molecule has 0 N–H and O–H groups in total. The molecule has 1 rings (SSSR count). The largest absolute Gasteiger partial charge is 0.612 e. The average molecular weight is 166 g/mol. The number of hydrogen-bond acceptors (Lipinski definition) is 1. The molecule has 0 radical (unpaired) electrons. The van der Waals surface area contributed by atoms with E-state index >= 15 is 0 Å². The lowest BCUT2D eigenvalue weighted by atomic mass is 10.2. The first-order chi connectivity index (χ1) is 5.29. The Morgan fingerprint density at radius 2 is 1.91 bits per heavy atom. The molecule has 0 spiro atoms. The topological polar surface area (TPSA) is 23.1 Å². The lowest BCUT2D eigenvalue weighted by Gasteiger charge is -1.94. The van der Waals surface area contributed by atoms with E-state index in [9.17, 15) is 4.55 Å². The van der Waals surface area contributed by atoms with Crippen molar-refractivity contribution >= 4 is 17.3 Å². The van der Waals surface area contributed by atoms with Gasteiger partial charge in [0.2, 0.25) is 0 Å². The molecule has 1 aromatic carbocycles. The van der Waals surface area contributed by atoms with Crippen LogP contribution >= 0.6 is 0 Å². The van der Waals surface area contributed by atoms with Gasteiger partial charge in [0.15, 0.2) is 0 Å². The monoisotopic (exact) mass is 166 g/mol. The van der Waals surface area contributed by atoms with E-state index < -0.39 is 11.2 Å². The lowest BCUT2D eigenvalue weighted by Crippen LogP contribution is -1.87. The van der Waals surface area contributed by atoms with Crippen molar-refractivity contribution in [2.45, 2.75) is 0 Å². The van der Waals surface area contributed by atoms with Gasteiger partial charge in [-0.1, -0.05) is 30.3 Å². The zero-order valence-corrected chi connectivity index (χ0v) is 7.17. The third-order valence-electron chi connectivity index (χ3n) is 1.25. The average Bonchev–Trinajstić information content (AvgIpc) is 2.03. The molecule has 0 aliphatic rings. The van der Waals surface area contributed by atoms with Crippen LogP contribution in [0.3, 0.4) is 0 Å². The molecule has 1 unspecified atom stereocenters. The maximum Gasteiger partial charge on any atom is 0.117 e. The van der Waals surface area contributed by atoms with Crippen LogP contribution in [0.5, 0.6) is 0 Å². The summed E-state index contributed by atoms with van der Waals surface area (Å²) in [7, 11) is 0. The molecule has 0 aromatic heterocycles. The van der Waals surface area contributed by atoms with E-state index in [0.717, 1.165) is 5.56 Å². The van der Waals surface area contributed by atoms with Crippen molar-refractivity contribution in [1.82, 2.24) is 0 Å². The first-order valence-corrected chi connectivity index (χ1v) is 4.96. The summed E-state index contributed by atoms with van der Waals surface area (Å²) < 4.78 is 10.6. The molecular formula is C9H10OS. The molecule has 0 aliphatic heterocycles. The molecule has 0 fully saturated rings. The minimum absolute atomic E-state index is 0.847. The Morgan fingerprint density at radius 1 is 1.27 bits per heavy atom. The Hall–Kier alpha value is -0.730. The van der Waals surface area contributed by atoms with Crippen molar-refractivity contribution in [2.75, 3.05) is 6.26 Å². The summed E-state index contributed by atoms with van der Waals surface area (Å²) in [5.41, 5.74) is 1.09. The van der Waals surface area contributed by atoms with Gasteiger partial charge in [-0.2, -0.15) is 0 Å². The standard InChI is InChI=1S/C9H10OS/c1-11(10)8-7-9-5-3-2-4-6-9/h2-8H,1H3/b8-7+. The zero-order valence-electron chi connectivity index (χ0n) is 6.36. The minimum atomic E-state index is -0.847. The van der Waals surface area contributed by atoms with E-state index in [1.54, 1.807) is 11.7 Å². The van der Waals surface area contributed by atoms with Gasteiger partial charge in [-0.05, 0) is 22.8 Å². The van der Waals surface area contributed by atoms with E-state index in [1.807, 2.05) is 36.4 Å². The highest BCUT2D eigenvalue weighted by molar-refractivity contribution is 7.93. The highest BCUT2D eigenvalue weighted by Gasteiger charge is 1.87. The molecule has 0 saturated carbocycles. The SMILES string of the molecule is C[S+]([O-])/C=C/c1ccccc1. The Kier molecular flexibility index (Phi) is 3.20. The molecule has 58 valence electrons. The van der Waals surface area contributed by atoms with Crippen molar-refractivity contribution < 1.29 is 4.55 Å². The van der Waals surface area contributed by atoms with Crippen LogP contribution in [-0.2, 0) is 11.2 Å². The summed E-state index contributed by atoms with van der Waals surface area (Å²) >= 11 is -0.847. The Bertz CT molecular complexity index is 229. The van der Waals surface area contributed by atoms with Crippen molar-refractivity contribution in [3.05, 3.63) is 41.3 Å². The van der Waals surface area contributed by atoms with E-state index in [0.29, 0.717) is 0 Å². The normalized spacial score (nSPS) is 13.6. The third-order valence-corrected chi connectivity index (χ3v) is 1.77. The quantitative estimate of drug-likeness (QED) is 0.616. The Labute approximate surface area is 69.9 Å².